The minimum absolute atomic E-state index is 0.00719. The SMILES string of the molecule is CCCCCOC1CN(CCCCC)CC(C)O1. The third-order valence-electron chi connectivity index (χ3n) is 3.44. The summed E-state index contributed by atoms with van der Waals surface area (Å²) in [5.41, 5.74) is 0. The summed E-state index contributed by atoms with van der Waals surface area (Å²) in [6.07, 6.45) is 7.86. The molecule has 1 fully saturated rings. The van der Waals surface area contributed by atoms with Crippen LogP contribution in [0.3, 0.4) is 0 Å². The van der Waals surface area contributed by atoms with E-state index in [1.165, 1.54) is 38.6 Å². The van der Waals surface area contributed by atoms with Crippen LogP contribution in [0, 0.1) is 0 Å². The summed E-state index contributed by atoms with van der Waals surface area (Å²) >= 11 is 0. The summed E-state index contributed by atoms with van der Waals surface area (Å²) in [7, 11) is 0. The Labute approximate surface area is 113 Å². The average molecular weight is 257 g/mol. The molecule has 18 heavy (non-hydrogen) atoms. The highest BCUT2D eigenvalue weighted by atomic mass is 16.7. The number of ether oxygens (including phenoxy) is 2. The molecule has 2 atom stereocenters. The van der Waals surface area contributed by atoms with Crippen molar-refractivity contribution < 1.29 is 9.47 Å². The van der Waals surface area contributed by atoms with Crippen molar-refractivity contribution in [2.45, 2.75) is 71.7 Å². The summed E-state index contributed by atoms with van der Waals surface area (Å²) in [5.74, 6) is 0. The topological polar surface area (TPSA) is 21.7 Å². The molecule has 1 aliphatic heterocycles. The number of unbranched alkanes of at least 4 members (excludes halogenated alkanes) is 4. The van der Waals surface area contributed by atoms with Gasteiger partial charge in [0.25, 0.3) is 0 Å². The zero-order valence-electron chi connectivity index (χ0n) is 12.5. The molecule has 0 aliphatic carbocycles. The fourth-order valence-electron chi connectivity index (χ4n) is 2.42. The van der Waals surface area contributed by atoms with Gasteiger partial charge in [0.15, 0.2) is 6.29 Å². The molecule has 2 unspecified atom stereocenters. The Morgan fingerprint density at radius 3 is 2.50 bits per heavy atom. The van der Waals surface area contributed by atoms with Crippen LogP contribution in [0.4, 0.5) is 0 Å². The van der Waals surface area contributed by atoms with E-state index >= 15 is 0 Å². The molecule has 1 heterocycles. The largest absolute Gasteiger partial charge is 0.351 e. The molecular formula is C15H31NO2. The molecule has 1 rings (SSSR count). The van der Waals surface area contributed by atoms with Crippen molar-refractivity contribution in [2.75, 3.05) is 26.2 Å². The van der Waals surface area contributed by atoms with Crippen molar-refractivity contribution in [3.05, 3.63) is 0 Å². The Bertz CT molecular complexity index is 199. The number of morpholine rings is 1. The first-order valence-electron chi connectivity index (χ1n) is 7.75. The van der Waals surface area contributed by atoms with Gasteiger partial charge in [0.2, 0.25) is 0 Å². The van der Waals surface area contributed by atoms with Gasteiger partial charge in [-0.05, 0) is 26.3 Å². The molecule has 0 spiro atoms. The first kappa shape index (κ1) is 15.9. The van der Waals surface area contributed by atoms with E-state index in [0.717, 1.165) is 26.1 Å². The van der Waals surface area contributed by atoms with Crippen molar-refractivity contribution in [1.82, 2.24) is 4.90 Å². The van der Waals surface area contributed by atoms with Crippen molar-refractivity contribution in [2.24, 2.45) is 0 Å². The molecule has 0 aromatic heterocycles. The molecule has 0 aromatic carbocycles. The van der Waals surface area contributed by atoms with Crippen molar-refractivity contribution >= 4 is 0 Å². The van der Waals surface area contributed by atoms with E-state index in [-0.39, 0.29) is 6.29 Å². The van der Waals surface area contributed by atoms with Gasteiger partial charge in [-0.1, -0.05) is 39.5 Å². The quantitative estimate of drug-likeness (QED) is 0.591. The average Bonchev–Trinajstić information content (AvgIpc) is 2.34. The lowest BCUT2D eigenvalue weighted by Crippen LogP contribution is -2.47. The Hall–Kier alpha value is -0.120. The second-order valence-corrected chi connectivity index (χ2v) is 5.42. The normalized spacial score (nSPS) is 25.5. The summed E-state index contributed by atoms with van der Waals surface area (Å²) in [4.78, 5) is 2.49. The van der Waals surface area contributed by atoms with Crippen LogP contribution in [0.25, 0.3) is 0 Å². The van der Waals surface area contributed by atoms with Crippen molar-refractivity contribution in [1.29, 1.82) is 0 Å². The molecule has 0 aromatic rings. The summed E-state index contributed by atoms with van der Waals surface area (Å²) in [6.45, 7) is 10.6. The Balaban J connectivity index is 2.18. The monoisotopic (exact) mass is 257 g/mol. The van der Waals surface area contributed by atoms with Gasteiger partial charge in [0.05, 0.1) is 6.10 Å². The Morgan fingerprint density at radius 1 is 1.06 bits per heavy atom. The molecular weight excluding hydrogens is 226 g/mol. The Morgan fingerprint density at radius 2 is 1.78 bits per heavy atom. The lowest BCUT2D eigenvalue weighted by molar-refractivity contribution is -0.206. The predicted octanol–water partition coefficient (Wildman–Crippen LogP) is 3.43. The molecule has 3 heteroatoms. The molecule has 108 valence electrons. The number of hydrogen-bond donors (Lipinski definition) is 0. The van der Waals surface area contributed by atoms with Crippen molar-refractivity contribution in [3.63, 3.8) is 0 Å². The van der Waals surface area contributed by atoms with Gasteiger partial charge in [-0.3, -0.25) is 4.90 Å². The van der Waals surface area contributed by atoms with E-state index in [4.69, 9.17) is 9.47 Å². The zero-order chi connectivity index (χ0) is 13.2. The summed E-state index contributed by atoms with van der Waals surface area (Å²) in [5, 5.41) is 0. The molecule has 0 N–H and O–H groups in total. The first-order chi connectivity index (χ1) is 8.76. The highest BCUT2D eigenvalue weighted by Crippen LogP contribution is 2.13. The second kappa shape index (κ2) is 9.76. The molecule has 1 aliphatic rings. The van der Waals surface area contributed by atoms with Crippen LogP contribution in [0.1, 0.15) is 59.3 Å². The standard InChI is InChI=1S/C15H31NO2/c1-4-6-8-10-16-12-14(3)18-15(13-16)17-11-9-7-5-2/h14-15H,4-13H2,1-3H3. The smallest absolute Gasteiger partial charge is 0.170 e. The zero-order valence-corrected chi connectivity index (χ0v) is 12.5. The van der Waals surface area contributed by atoms with Gasteiger partial charge in [-0.25, -0.2) is 0 Å². The lowest BCUT2D eigenvalue weighted by Gasteiger charge is -2.36. The third-order valence-corrected chi connectivity index (χ3v) is 3.44. The molecule has 0 saturated carbocycles. The lowest BCUT2D eigenvalue weighted by atomic mass is 10.2. The number of nitrogens with zero attached hydrogens (tertiary/aromatic N) is 1. The van der Waals surface area contributed by atoms with E-state index in [1.54, 1.807) is 0 Å². The third kappa shape index (κ3) is 6.72. The van der Waals surface area contributed by atoms with Gasteiger partial charge in [0.1, 0.15) is 0 Å². The van der Waals surface area contributed by atoms with E-state index in [1.807, 2.05) is 0 Å². The minimum atomic E-state index is -0.00719. The van der Waals surface area contributed by atoms with Crippen LogP contribution in [-0.4, -0.2) is 43.5 Å². The summed E-state index contributed by atoms with van der Waals surface area (Å²) in [6, 6.07) is 0. The molecule has 0 radical (unpaired) electrons. The van der Waals surface area contributed by atoms with E-state index in [9.17, 15) is 0 Å². The van der Waals surface area contributed by atoms with Gasteiger partial charge < -0.3 is 9.47 Å². The highest BCUT2D eigenvalue weighted by molar-refractivity contribution is 4.71. The Kier molecular flexibility index (Phi) is 8.64. The molecule has 1 saturated heterocycles. The van der Waals surface area contributed by atoms with E-state index < -0.39 is 0 Å². The first-order valence-corrected chi connectivity index (χ1v) is 7.75. The molecule has 3 nitrogen and oxygen atoms in total. The van der Waals surface area contributed by atoms with Crippen molar-refractivity contribution in [3.8, 4) is 0 Å². The van der Waals surface area contributed by atoms with E-state index in [2.05, 4.69) is 25.7 Å². The van der Waals surface area contributed by atoms with Crippen LogP contribution in [0.15, 0.2) is 0 Å². The maximum atomic E-state index is 5.84. The maximum Gasteiger partial charge on any atom is 0.170 e. The minimum Gasteiger partial charge on any atom is -0.351 e. The van der Waals surface area contributed by atoms with Crippen LogP contribution < -0.4 is 0 Å². The fourth-order valence-corrected chi connectivity index (χ4v) is 2.42. The number of hydrogen-bond acceptors (Lipinski definition) is 3. The summed E-state index contributed by atoms with van der Waals surface area (Å²) < 4.78 is 11.7. The van der Waals surface area contributed by atoms with Crippen LogP contribution in [0.2, 0.25) is 0 Å². The number of rotatable bonds is 9. The van der Waals surface area contributed by atoms with E-state index in [0.29, 0.717) is 6.10 Å². The van der Waals surface area contributed by atoms with Crippen LogP contribution in [0.5, 0.6) is 0 Å². The van der Waals surface area contributed by atoms with Gasteiger partial charge in [-0.2, -0.15) is 0 Å². The maximum absolute atomic E-state index is 5.84. The van der Waals surface area contributed by atoms with Gasteiger partial charge in [-0.15, -0.1) is 0 Å². The fraction of sp³-hybridized carbons (Fsp3) is 1.00. The van der Waals surface area contributed by atoms with Gasteiger partial charge >= 0.3 is 0 Å². The molecule has 0 amide bonds. The predicted molar refractivity (Wildman–Crippen MR) is 75.8 cm³/mol. The highest BCUT2D eigenvalue weighted by Gasteiger charge is 2.25. The van der Waals surface area contributed by atoms with Gasteiger partial charge in [0, 0.05) is 19.7 Å². The molecule has 0 bridgehead atoms. The van der Waals surface area contributed by atoms with Crippen LogP contribution >= 0.6 is 0 Å². The second-order valence-electron chi connectivity index (χ2n) is 5.42. The van der Waals surface area contributed by atoms with Crippen LogP contribution in [-0.2, 0) is 9.47 Å².